The lowest BCUT2D eigenvalue weighted by Crippen LogP contribution is -2.35. The van der Waals surface area contributed by atoms with E-state index in [2.05, 4.69) is 125 Å². The van der Waals surface area contributed by atoms with Crippen LogP contribution in [0, 0.1) is 11.8 Å². The van der Waals surface area contributed by atoms with Gasteiger partial charge in [0.15, 0.2) is 0 Å². The first-order valence-electron chi connectivity index (χ1n) is 42.6. The molecule has 0 bridgehead atoms. The van der Waals surface area contributed by atoms with Crippen LogP contribution in [0.25, 0.3) is 48.8 Å². The first kappa shape index (κ1) is 83.0. The zero-order valence-corrected chi connectivity index (χ0v) is 69.9. The van der Waals surface area contributed by atoms with Gasteiger partial charge in [-0.05, 0) is 111 Å². The van der Waals surface area contributed by atoms with Crippen LogP contribution in [0.1, 0.15) is 400 Å². The lowest BCUT2D eigenvalue weighted by Gasteiger charge is -2.38. The molecule has 2 aliphatic heterocycles. The standard InChI is InChI=1S/C90H142O4S6/c1-9-17-23-27-31-35-39-43-47-51-59-89(60-52-48-44-40-36-32-28-24-18-10-2)73-65-79(97-83(73)87-77(93-89)67-81(99-87)85-75(57-63-95-85)91-69-71(15-7)55-21-13-5)80-66-74-84(98-80)88-78(68-82(100-88)86-76(58-64-96-86)92-70-72(16-8)56-22-14-6)94-90(74,61-53-49-45-41-37-33-29-25-19-11-3)62-54-50-46-42-38-34-30-26-20-12-4/h57-58,63-68,71-72H,9-56,59-62,69-70H2,1-8H3. The molecule has 6 aromatic heterocycles. The first-order valence-corrected chi connectivity index (χ1v) is 47.7. The molecule has 0 amide bonds. The minimum atomic E-state index is -0.379. The number of hydrogen-bond donors (Lipinski definition) is 0. The van der Waals surface area contributed by atoms with E-state index in [1.165, 1.54) is 355 Å². The van der Waals surface area contributed by atoms with Crippen LogP contribution in [0.5, 0.6) is 23.0 Å². The SMILES string of the molecule is CCCCCCCCCCCCC1(CCCCCCCCCCCC)Oc2cc(-c3sccc3OCC(CC)CCCC)sc2-c2sc(-c3cc4c(s3)-c3sc(-c5sccc5OCC(CC)CCCC)cc3OC4(CCCCCCCCCCCC)CCCCCCCCCCCC)cc21. The fraction of sp³-hybridized carbons (Fsp3) is 0.733. The molecule has 2 aliphatic rings. The van der Waals surface area contributed by atoms with E-state index in [4.69, 9.17) is 18.9 Å². The van der Waals surface area contributed by atoms with E-state index < -0.39 is 0 Å². The van der Waals surface area contributed by atoms with E-state index in [1.807, 2.05) is 45.3 Å². The van der Waals surface area contributed by atoms with Gasteiger partial charge in [-0.3, -0.25) is 0 Å². The monoisotopic (exact) mass is 1480 g/mol. The highest BCUT2D eigenvalue weighted by molar-refractivity contribution is 7.31. The maximum absolute atomic E-state index is 7.96. The van der Waals surface area contributed by atoms with Crippen molar-refractivity contribution in [1.82, 2.24) is 0 Å². The second-order valence-electron chi connectivity index (χ2n) is 30.9. The smallest absolute Gasteiger partial charge is 0.140 e. The molecule has 2 atom stereocenters. The Morgan fingerprint density at radius 2 is 0.570 bits per heavy atom. The third kappa shape index (κ3) is 25.8. The Balaban J connectivity index is 1.19. The van der Waals surface area contributed by atoms with Gasteiger partial charge in [-0.15, -0.1) is 68.0 Å². The molecule has 10 heteroatoms. The van der Waals surface area contributed by atoms with E-state index in [9.17, 15) is 0 Å². The molecule has 0 radical (unpaired) electrons. The van der Waals surface area contributed by atoms with Crippen molar-refractivity contribution in [2.24, 2.45) is 11.8 Å². The van der Waals surface area contributed by atoms with Gasteiger partial charge >= 0.3 is 0 Å². The Hall–Kier alpha value is -2.60. The average Bonchev–Trinajstić information content (AvgIpc) is 1.57. The van der Waals surface area contributed by atoms with Gasteiger partial charge in [-0.2, -0.15) is 0 Å². The van der Waals surface area contributed by atoms with Crippen molar-refractivity contribution in [2.45, 2.75) is 400 Å². The summed E-state index contributed by atoms with van der Waals surface area (Å²) in [6.07, 6.45) is 67.7. The van der Waals surface area contributed by atoms with Crippen LogP contribution in [0.15, 0.2) is 47.2 Å². The molecule has 0 spiro atoms. The fourth-order valence-electron chi connectivity index (χ4n) is 16.0. The van der Waals surface area contributed by atoms with Crippen LogP contribution in [0.2, 0.25) is 0 Å². The number of hydrogen-bond acceptors (Lipinski definition) is 10. The topological polar surface area (TPSA) is 36.9 Å². The van der Waals surface area contributed by atoms with E-state index in [0.29, 0.717) is 11.8 Å². The maximum atomic E-state index is 7.96. The van der Waals surface area contributed by atoms with Crippen molar-refractivity contribution in [3.8, 4) is 71.8 Å². The molecule has 6 aromatic rings. The van der Waals surface area contributed by atoms with Gasteiger partial charge in [0.2, 0.25) is 0 Å². The van der Waals surface area contributed by atoms with Gasteiger partial charge < -0.3 is 18.9 Å². The van der Waals surface area contributed by atoms with Crippen molar-refractivity contribution in [3.05, 3.63) is 58.3 Å². The largest absolute Gasteiger partial charge is 0.492 e. The molecule has 0 fully saturated rings. The molecule has 100 heavy (non-hydrogen) atoms. The van der Waals surface area contributed by atoms with E-state index >= 15 is 0 Å². The number of ether oxygens (including phenoxy) is 4. The van der Waals surface area contributed by atoms with Gasteiger partial charge in [-0.25, -0.2) is 0 Å². The summed E-state index contributed by atoms with van der Waals surface area (Å²) in [4.78, 5) is 13.5. The summed E-state index contributed by atoms with van der Waals surface area (Å²) in [6.45, 7) is 20.2. The minimum Gasteiger partial charge on any atom is -0.492 e. The van der Waals surface area contributed by atoms with Crippen LogP contribution >= 0.6 is 68.0 Å². The molecule has 0 saturated heterocycles. The highest BCUT2D eigenvalue weighted by atomic mass is 32.1. The highest BCUT2D eigenvalue weighted by Gasteiger charge is 2.46. The number of unbranched alkanes of at least 4 members (excludes halogenated alkanes) is 38. The third-order valence-electron chi connectivity index (χ3n) is 22.6. The fourth-order valence-corrected chi connectivity index (χ4v) is 22.9. The van der Waals surface area contributed by atoms with Gasteiger partial charge in [0.1, 0.15) is 34.2 Å². The Morgan fingerprint density at radius 3 is 0.850 bits per heavy atom. The number of fused-ring (bicyclic) bond motifs is 6. The predicted octanol–water partition coefficient (Wildman–Crippen LogP) is 34.0. The summed E-state index contributed by atoms with van der Waals surface area (Å²) in [5.41, 5.74) is 2.18. The molecule has 0 saturated carbocycles. The Bertz CT molecular complexity index is 2820. The number of thiophene rings is 6. The second kappa shape index (κ2) is 47.9. The maximum Gasteiger partial charge on any atom is 0.140 e. The molecule has 0 aromatic carbocycles. The van der Waals surface area contributed by atoms with Gasteiger partial charge in [0, 0.05) is 33.0 Å². The molecule has 562 valence electrons. The van der Waals surface area contributed by atoms with Crippen molar-refractivity contribution in [2.75, 3.05) is 13.2 Å². The Kier molecular flexibility index (Phi) is 39.7. The summed E-state index contributed by atoms with van der Waals surface area (Å²) >= 11 is 11.8. The van der Waals surface area contributed by atoms with E-state index in [1.54, 1.807) is 0 Å². The van der Waals surface area contributed by atoms with Crippen LogP contribution in [-0.4, -0.2) is 13.2 Å². The molecule has 8 heterocycles. The van der Waals surface area contributed by atoms with Crippen molar-refractivity contribution in [3.63, 3.8) is 0 Å². The molecule has 8 rings (SSSR count). The van der Waals surface area contributed by atoms with Crippen molar-refractivity contribution < 1.29 is 18.9 Å². The highest BCUT2D eigenvalue weighted by Crippen LogP contribution is 2.63. The molecule has 4 nitrogen and oxygen atoms in total. The second-order valence-corrected chi connectivity index (χ2v) is 37.0. The molecule has 0 N–H and O–H groups in total. The summed E-state index contributed by atoms with van der Waals surface area (Å²) in [6, 6.07) is 14.8. The summed E-state index contributed by atoms with van der Waals surface area (Å²) in [5.74, 6) is 5.47. The van der Waals surface area contributed by atoms with Gasteiger partial charge in [0.25, 0.3) is 0 Å². The lowest BCUT2D eigenvalue weighted by atomic mass is 9.81. The van der Waals surface area contributed by atoms with Gasteiger partial charge in [-0.1, -0.05) is 325 Å². The van der Waals surface area contributed by atoms with Crippen LogP contribution in [0.4, 0.5) is 0 Å². The summed E-state index contributed by atoms with van der Waals surface area (Å²) in [7, 11) is 0. The van der Waals surface area contributed by atoms with Crippen LogP contribution in [-0.2, 0) is 11.2 Å². The zero-order chi connectivity index (χ0) is 70.3. The number of rotatable bonds is 61. The molecular formula is C90H142O4S6. The third-order valence-corrected chi connectivity index (χ3v) is 29.8. The van der Waals surface area contributed by atoms with Crippen molar-refractivity contribution in [1.29, 1.82) is 0 Å². The quantitative estimate of drug-likeness (QED) is 0.0357. The lowest BCUT2D eigenvalue weighted by molar-refractivity contribution is 0.0395. The Morgan fingerprint density at radius 1 is 0.300 bits per heavy atom. The van der Waals surface area contributed by atoms with Crippen LogP contribution in [0.3, 0.4) is 0 Å². The van der Waals surface area contributed by atoms with E-state index in [-0.39, 0.29) is 11.2 Å². The Labute approximate surface area is 637 Å². The average molecular weight is 1480 g/mol. The van der Waals surface area contributed by atoms with Gasteiger partial charge in [0.05, 0.1) is 52.2 Å². The predicted molar refractivity (Wildman–Crippen MR) is 449 cm³/mol. The van der Waals surface area contributed by atoms with Crippen molar-refractivity contribution >= 4 is 68.0 Å². The normalized spacial score (nSPS) is 14.2. The first-order chi connectivity index (χ1) is 49.3. The molecule has 0 aliphatic carbocycles. The molecule has 2 unspecified atom stereocenters. The van der Waals surface area contributed by atoms with E-state index in [0.717, 1.165) is 74.7 Å². The summed E-state index contributed by atoms with van der Waals surface area (Å²) < 4.78 is 29.6. The van der Waals surface area contributed by atoms with Crippen LogP contribution < -0.4 is 18.9 Å². The zero-order valence-electron chi connectivity index (χ0n) is 65.0. The summed E-state index contributed by atoms with van der Waals surface area (Å²) in [5, 5.41) is 4.52. The minimum absolute atomic E-state index is 0.379. The molecular weight excluding hydrogens is 1340 g/mol.